The molecule has 1 aromatic carbocycles. The molecule has 0 saturated heterocycles. The summed E-state index contributed by atoms with van der Waals surface area (Å²) in [7, 11) is 0. The third-order valence-corrected chi connectivity index (χ3v) is 4.91. The highest BCUT2D eigenvalue weighted by molar-refractivity contribution is 7.99. The van der Waals surface area contributed by atoms with Gasteiger partial charge in [0.1, 0.15) is 0 Å². The van der Waals surface area contributed by atoms with Crippen LogP contribution in [0.4, 0.5) is 0 Å². The van der Waals surface area contributed by atoms with Crippen LogP contribution in [-0.2, 0) is 4.79 Å². The van der Waals surface area contributed by atoms with Gasteiger partial charge in [-0.3, -0.25) is 4.79 Å². The smallest absolute Gasteiger partial charge is 0.221 e. The molecule has 0 radical (unpaired) electrons. The first-order valence-electron chi connectivity index (χ1n) is 6.92. The molecule has 0 bridgehead atoms. The van der Waals surface area contributed by atoms with E-state index in [2.05, 4.69) is 5.32 Å². The minimum Gasteiger partial charge on any atom is -0.353 e. The summed E-state index contributed by atoms with van der Waals surface area (Å²) in [6.45, 7) is 0. The summed E-state index contributed by atoms with van der Waals surface area (Å²) in [5.41, 5.74) is 0. The first kappa shape index (κ1) is 14.7. The number of nitrogens with one attached hydrogen (secondary N) is 1. The number of hydrogen-bond donors (Lipinski definition) is 1. The molecule has 104 valence electrons. The molecule has 19 heavy (non-hydrogen) atoms. The quantitative estimate of drug-likeness (QED) is 0.822. The summed E-state index contributed by atoms with van der Waals surface area (Å²) >= 11 is 7.72. The second kappa shape index (κ2) is 7.81. The molecule has 0 aromatic heterocycles. The number of hydrogen-bond acceptors (Lipinski definition) is 2. The van der Waals surface area contributed by atoms with Gasteiger partial charge >= 0.3 is 0 Å². The fourth-order valence-electron chi connectivity index (χ4n) is 2.36. The summed E-state index contributed by atoms with van der Waals surface area (Å²) in [6, 6.07) is 8.17. The minimum absolute atomic E-state index is 0.173. The molecule has 1 aromatic rings. The molecule has 0 atom stereocenters. The maximum atomic E-state index is 11.8. The van der Waals surface area contributed by atoms with Crippen molar-refractivity contribution < 1.29 is 4.79 Å². The van der Waals surface area contributed by atoms with E-state index in [1.807, 2.05) is 24.3 Å². The predicted octanol–water partition coefficient (Wildman–Crippen LogP) is 4.27. The number of benzene rings is 1. The van der Waals surface area contributed by atoms with E-state index in [1.54, 1.807) is 11.8 Å². The van der Waals surface area contributed by atoms with Crippen molar-refractivity contribution in [2.24, 2.45) is 0 Å². The van der Waals surface area contributed by atoms with Crippen LogP contribution >= 0.6 is 23.4 Å². The van der Waals surface area contributed by atoms with Crippen LogP contribution in [0.3, 0.4) is 0 Å². The van der Waals surface area contributed by atoms with Gasteiger partial charge in [-0.2, -0.15) is 0 Å². The Hall–Kier alpha value is -0.670. The molecule has 1 saturated carbocycles. The summed E-state index contributed by atoms with van der Waals surface area (Å²) in [6.07, 6.45) is 6.66. The number of thioether (sulfide) groups is 1. The lowest BCUT2D eigenvalue weighted by Gasteiger charge is -2.22. The highest BCUT2D eigenvalue weighted by Crippen LogP contribution is 2.27. The zero-order chi connectivity index (χ0) is 13.5. The maximum absolute atomic E-state index is 11.8. The molecule has 0 spiro atoms. The number of carbonyl (C=O) groups excluding carboxylic acids is 1. The largest absolute Gasteiger partial charge is 0.353 e. The fourth-order valence-corrected chi connectivity index (χ4v) is 3.55. The second-order valence-corrected chi connectivity index (χ2v) is 6.48. The normalized spacial score (nSPS) is 16.3. The number of halogens is 1. The van der Waals surface area contributed by atoms with E-state index < -0.39 is 0 Å². The summed E-state index contributed by atoms with van der Waals surface area (Å²) in [5.74, 6) is 0.953. The van der Waals surface area contributed by atoms with Crippen molar-refractivity contribution in [2.75, 3.05) is 5.75 Å². The standard InChI is InChI=1S/C15H20ClNOS/c16-13-8-4-5-9-14(13)19-11-10-15(18)17-12-6-2-1-3-7-12/h4-5,8-9,12H,1-3,6-7,10-11H2,(H,17,18). The summed E-state index contributed by atoms with van der Waals surface area (Å²) in [5, 5.41) is 3.90. The molecule has 1 aliphatic rings. The second-order valence-electron chi connectivity index (χ2n) is 4.93. The van der Waals surface area contributed by atoms with Crippen LogP contribution in [0.25, 0.3) is 0 Å². The van der Waals surface area contributed by atoms with Crippen molar-refractivity contribution in [3.8, 4) is 0 Å². The summed E-state index contributed by atoms with van der Waals surface area (Å²) < 4.78 is 0. The van der Waals surface area contributed by atoms with E-state index in [0.29, 0.717) is 12.5 Å². The number of carbonyl (C=O) groups is 1. The van der Waals surface area contributed by atoms with E-state index in [4.69, 9.17) is 11.6 Å². The molecular formula is C15H20ClNOS. The Kier molecular flexibility index (Phi) is 6.05. The molecule has 1 N–H and O–H groups in total. The Labute approximate surface area is 124 Å². The third-order valence-electron chi connectivity index (χ3n) is 3.39. The lowest BCUT2D eigenvalue weighted by Crippen LogP contribution is -2.36. The van der Waals surface area contributed by atoms with Crippen molar-refractivity contribution in [1.82, 2.24) is 5.32 Å². The number of rotatable bonds is 5. The van der Waals surface area contributed by atoms with Gasteiger partial charge in [-0.25, -0.2) is 0 Å². The van der Waals surface area contributed by atoms with Crippen molar-refractivity contribution in [3.63, 3.8) is 0 Å². The SMILES string of the molecule is O=C(CCSc1ccccc1Cl)NC1CCCCC1. The van der Waals surface area contributed by atoms with Gasteiger partial charge in [0.15, 0.2) is 0 Å². The Bertz CT molecular complexity index is 418. The van der Waals surface area contributed by atoms with Crippen LogP contribution in [0.2, 0.25) is 5.02 Å². The van der Waals surface area contributed by atoms with Gasteiger partial charge < -0.3 is 5.32 Å². The van der Waals surface area contributed by atoms with Crippen LogP contribution in [0, 0.1) is 0 Å². The fraction of sp³-hybridized carbons (Fsp3) is 0.533. The predicted molar refractivity (Wildman–Crippen MR) is 81.8 cm³/mol. The molecule has 1 fully saturated rings. The van der Waals surface area contributed by atoms with Crippen molar-refractivity contribution in [2.45, 2.75) is 49.5 Å². The first-order chi connectivity index (χ1) is 9.25. The van der Waals surface area contributed by atoms with E-state index in [9.17, 15) is 4.79 Å². The molecule has 1 aliphatic carbocycles. The van der Waals surface area contributed by atoms with Gasteiger partial charge in [-0.05, 0) is 25.0 Å². The van der Waals surface area contributed by atoms with E-state index in [-0.39, 0.29) is 5.91 Å². The van der Waals surface area contributed by atoms with Crippen molar-refractivity contribution in [1.29, 1.82) is 0 Å². The topological polar surface area (TPSA) is 29.1 Å². The Morgan fingerprint density at radius 2 is 2.00 bits per heavy atom. The van der Waals surface area contributed by atoms with E-state index in [0.717, 1.165) is 28.5 Å². The Morgan fingerprint density at radius 3 is 2.74 bits per heavy atom. The van der Waals surface area contributed by atoms with Crippen LogP contribution < -0.4 is 5.32 Å². The first-order valence-corrected chi connectivity index (χ1v) is 8.29. The molecule has 0 unspecified atom stereocenters. The van der Waals surface area contributed by atoms with Gasteiger partial charge in [0.2, 0.25) is 5.91 Å². The van der Waals surface area contributed by atoms with Crippen molar-refractivity contribution in [3.05, 3.63) is 29.3 Å². The molecular weight excluding hydrogens is 278 g/mol. The highest BCUT2D eigenvalue weighted by atomic mass is 35.5. The molecule has 1 amide bonds. The van der Waals surface area contributed by atoms with Gasteiger partial charge in [-0.1, -0.05) is 43.0 Å². The lowest BCUT2D eigenvalue weighted by atomic mass is 9.95. The third kappa shape index (κ3) is 5.07. The Balaban J connectivity index is 1.67. The van der Waals surface area contributed by atoms with Gasteiger partial charge in [0.25, 0.3) is 0 Å². The van der Waals surface area contributed by atoms with E-state index >= 15 is 0 Å². The average Bonchev–Trinajstić information content (AvgIpc) is 2.42. The van der Waals surface area contributed by atoms with Gasteiger partial charge in [0.05, 0.1) is 5.02 Å². The molecule has 0 heterocycles. The highest BCUT2D eigenvalue weighted by Gasteiger charge is 2.15. The molecule has 0 aliphatic heterocycles. The van der Waals surface area contributed by atoms with Crippen LogP contribution in [-0.4, -0.2) is 17.7 Å². The molecule has 2 rings (SSSR count). The molecule has 2 nitrogen and oxygen atoms in total. The average molecular weight is 298 g/mol. The lowest BCUT2D eigenvalue weighted by molar-refractivity contribution is -0.121. The maximum Gasteiger partial charge on any atom is 0.221 e. The zero-order valence-electron chi connectivity index (χ0n) is 11.0. The summed E-state index contributed by atoms with van der Waals surface area (Å²) in [4.78, 5) is 12.9. The monoisotopic (exact) mass is 297 g/mol. The van der Waals surface area contributed by atoms with Crippen LogP contribution in [0.1, 0.15) is 38.5 Å². The van der Waals surface area contributed by atoms with Crippen LogP contribution in [0.15, 0.2) is 29.2 Å². The van der Waals surface area contributed by atoms with Gasteiger partial charge in [0, 0.05) is 23.1 Å². The van der Waals surface area contributed by atoms with Crippen molar-refractivity contribution >= 4 is 29.3 Å². The zero-order valence-corrected chi connectivity index (χ0v) is 12.6. The Morgan fingerprint density at radius 1 is 1.26 bits per heavy atom. The van der Waals surface area contributed by atoms with Gasteiger partial charge in [-0.15, -0.1) is 11.8 Å². The minimum atomic E-state index is 0.173. The molecule has 4 heteroatoms. The van der Waals surface area contributed by atoms with Crippen LogP contribution in [0.5, 0.6) is 0 Å². The number of amides is 1. The van der Waals surface area contributed by atoms with E-state index in [1.165, 1.54) is 19.3 Å².